The summed E-state index contributed by atoms with van der Waals surface area (Å²) in [7, 11) is 0. The summed E-state index contributed by atoms with van der Waals surface area (Å²) in [6, 6.07) is 17.1. The molecule has 2 aromatic rings. The highest BCUT2D eigenvalue weighted by Gasteiger charge is 2.13. The Morgan fingerprint density at radius 1 is 1.18 bits per heavy atom. The van der Waals surface area contributed by atoms with E-state index in [-0.39, 0.29) is 11.9 Å². The fraction of sp³-hybridized carbons (Fsp3) is 0.211. The zero-order chi connectivity index (χ0) is 15.8. The third-order valence-corrected chi connectivity index (χ3v) is 3.40. The van der Waals surface area contributed by atoms with Crippen molar-refractivity contribution in [2.45, 2.75) is 19.4 Å². The van der Waals surface area contributed by atoms with Crippen molar-refractivity contribution in [2.24, 2.45) is 0 Å². The van der Waals surface area contributed by atoms with Gasteiger partial charge in [0.2, 0.25) is 0 Å². The van der Waals surface area contributed by atoms with E-state index < -0.39 is 0 Å². The molecule has 114 valence electrons. The van der Waals surface area contributed by atoms with Gasteiger partial charge in [0.1, 0.15) is 12.4 Å². The molecule has 0 aliphatic rings. The average Bonchev–Trinajstić information content (AvgIpc) is 2.58. The van der Waals surface area contributed by atoms with Gasteiger partial charge in [-0.3, -0.25) is 4.79 Å². The minimum absolute atomic E-state index is 0.0189. The third kappa shape index (κ3) is 4.22. The molecule has 0 heterocycles. The number of rotatable bonds is 7. The Morgan fingerprint density at radius 3 is 2.45 bits per heavy atom. The number of hydrogen-bond acceptors (Lipinski definition) is 2. The van der Waals surface area contributed by atoms with Crippen LogP contribution in [0.15, 0.2) is 67.3 Å². The molecular weight excluding hydrogens is 274 g/mol. The quantitative estimate of drug-likeness (QED) is 0.780. The Kier molecular flexibility index (Phi) is 5.78. The number of hydrogen-bond donors (Lipinski definition) is 1. The van der Waals surface area contributed by atoms with E-state index in [2.05, 4.69) is 18.8 Å². The topological polar surface area (TPSA) is 38.3 Å². The zero-order valence-corrected chi connectivity index (χ0v) is 12.8. The molecule has 0 saturated carbocycles. The molecule has 0 aromatic heterocycles. The molecule has 1 atom stereocenters. The number of carbonyl (C=O) groups excluding carboxylic acids is 1. The Labute approximate surface area is 131 Å². The van der Waals surface area contributed by atoms with Crippen LogP contribution in [0.1, 0.15) is 35.3 Å². The number of carbonyl (C=O) groups is 1. The van der Waals surface area contributed by atoms with Crippen LogP contribution >= 0.6 is 0 Å². The number of benzene rings is 2. The van der Waals surface area contributed by atoms with E-state index in [4.69, 9.17) is 4.74 Å². The van der Waals surface area contributed by atoms with Crippen LogP contribution in [0.2, 0.25) is 0 Å². The van der Waals surface area contributed by atoms with E-state index in [0.29, 0.717) is 12.2 Å². The molecule has 2 aromatic carbocycles. The second-order valence-corrected chi connectivity index (χ2v) is 4.97. The molecule has 0 spiro atoms. The molecule has 0 saturated heterocycles. The number of nitrogens with one attached hydrogen (secondary N) is 1. The lowest BCUT2D eigenvalue weighted by Crippen LogP contribution is -2.28. The largest absolute Gasteiger partial charge is 0.490 e. The summed E-state index contributed by atoms with van der Waals surface area (Å²) < 4.78 is 5.41. The summed E-state index contributed by atoms with van der Waals surface area (Å²) in [5, 5.41) is 3.07. The zero-order valence-electron chi connectivity index (χ0n) is 12.8. The molecule has 0 bridgehead atoms. The van der Waals surface area contributed by atoms with E-state index in [1.54, 1.807) is 30.3 Å². The summed E-state index contributed by atoms with van der Waals surface area (Å²) >= 11 is 0. The van der Waals surface area contributed by atoms with Crippen molar-refractivity contribution in [3.8, 4) is 5.75 Å². The maximum atomic E-state index is 12.3. The summed E-state index contributed by atoms with van der Waals surface area (Å²) in [5.41, 5.74) is 1.74. The van der Waals surface area contributed by atoms with Crippen molar-refractivity contribution >= 4 is 5.91 Å². The predicted molar refractivity (Wildman–Crippen MR) is 89.1 cm³/mol. The maximum absolute atomic E-state index is 12.3. The predicted octanol–water partition coefficient (Wildman–Crippen LogP) is 4.13. The molecule has 0 aliphatic carbocycles. The Balaban J connectivity index is 2.03. The minimum atomic E-state index is -0.0778. The molecule has 0 fully saturated rings. The molecule has 3 nitrogen and oxygen atoms in total. The van der Waals surface area contributed by atoms with Crippen LogP contribution < -0.4 is 10.1 Å². The van der Waals surface area contributed by atoms with Gasteiger partial charge in [0.05, 0.1) is 6.04 Å². The summed E-state index contributed by atoms with van der Waals surface area (Å²) in [6.07, 6.45) is 2.53. The van der Waals surface area contributed by atoms with Crippen LogP contribution in [0.3, 0.4) is 0 Å². The van der Waals surface area contributed by atoms with Gasteiger partial charge in [-0.15, -0.1) is 0 Å². The van der Waals surface area contributed by atoms with E-state index in [9.17, 15) is 4.79 Å². The van der Waals surface area contributed by atoms with Crippen molar-refractivity contribution in [1.82, 2.24) is 5.32 Å². The second-order valence-electron chi connectivity index (χ2n) is 4.97. The number of ether oxygens (including phenoxy) is 1. The first-order chi connectivity index (χ1) is 10.7. The molecule has 2 rings (SSSR count). The summed E-state index contributed by atoms with van der Waals surface area (Å²) in [6.45, 7) is 6.12. The van der Waals surface area contributed by atoms with Gasteiger partial charge >= 0.3 is 0 Å². The van der Waals surface area contributed by atoms with Crippen molar-refractivity contribution in [3.05, 3.63) is 78.4 Å². The van der Waals surface area contributed by atoms with Crippen LogP contribution in [-0.2, 0) is 0 Å². The summed E-state index contributed by atoms with van der Waals surface area (Å²) in [4.78, 5) is 12.3. The fourth-order valence-corrected chi connectivity index (χ4v) is 2.21. The molecule has 3 heteroatoms. The molecule has 22 heavy (non-hydrogen) atoms. The van der Waals surface area contributed by atoms with E-state index in [1.807, 2.05) is 30.3 Å². The van der Waals surface area contributed by atoms with Crippen LogP contribution in [0.25, 0.3) is 0 Å². The van der Waals surface area contributed by atoms with E-state index >= 15 is 0 Å². The van der Waals surface area contributed by atoms with Gasteiger partial charge in [0, 0.05) is 5.56 Å². The van der Waals surface area contributed by atoms with Crippen LogP contribution in [-0.4, -0.2) is 12.5 Å². The minimum Gasteiger partial charge on any atom is -0.490 e. The van der Waals surface area contributed by atoms with Gasteiger partial charge in [-0.25, -0.2) is 0 Å². The third-order valence-electron chi connectivity index (χ3n) is 3.40. The van der Waals surface area contributed by atoms with Crippen LogP contribution in [0.5, 0.6) is 5.75 Å². The lowest BCUT2D eigenvalue weighted by molar-refractivity contribution is 0.0935. The fourth-order valence-electron chi connectivity index (χ4n) is 2.21. The van der Waals surface area contributed by atoms with Gasteiger partial charge in [-0.1, -0.05) is 49.9 Å². The summed E-state index contributed by atoms with van der Waals surface area (Å²) in [5.74, 6) is 0.650. The first-order valence-electron chi connectivity index (χ1n) is 7.44. The van der Waals surface area contributed by atoms with Gasteiger partial charge in [0.25, 0.3) is 5.91 Å². The highest BCUT2D eigenvalue weighted by atomic mass is 16.5. The highest BCUT2D eigenvalue weighted by molar-refractivity contribution is 5.94. The molecular formula is C19H21NO2. The molecule has 1 N–H and O–H groups in total. The van der Waals surface area contributed by atoms with Crippen molar-refractivity contribution in [3.63, 3.8) is 0 Å². The monoisotopic (exact) mass is 295 g/mol. The van der Waals surface area contributed by atoms with Gasteiger partial charge in [-0.05, 0) is 36.2 Å². The Morgan fingerprint density at radius 2 is 1.86 bits per heavy atom. The van der Waals surface area contributed by atoms with Crippen molar-refractivity contribution in [1.29, 1.82) is 0 Å². The van der Waals surface area contributed by atoms with Crippen molar-refractivity contribution < 1.29 is 9.53 Å². The van der Waals surface area contributed by atoms with Crippen LogP contribution in [0, 0.1) is 0 Å². The standard InChI is InChI=1S/C19H21NO2/c1-3-14-22-17-12-10-16(11-13-17)19(21)20-18(4-2)15-8-6-5-7-9-15/h3,5-13,18H,1,4,14H2,2H3,(H,20,21). The normalized spacial score (nSPS) is 11.5. The van der Waals surface area contributed by atoms with Gasteiger partial charge in [-0.2, -0.15) is 0 Å². The lowest BCUT2D eigenvalue weighted by atomic mass is 10.0. The Bertz CT molecular complexity index is 605. The molecule has 1 unspecified atom stereocenters. The Hall–Kier alpha value is -2.55. The lowest BCUT2D eigenvalue weighted by Gasteiger charge is -2.17. The first kappa shape index (κ1) is 15.8. The average molecular weight is 295 g/mol. The van der Waals surface area contributed by atoms with Gasteiger partial charge < -0.3 is 10.1 Å². The van der Waals surface area contributed by atoms with Crippen LogP contribution in [0.4, 0.5) is 0 Å². The molecule has 1 amide bonds. The van der Waals surface area contributed by atoms with E-state index in [0.717, 1.165) is 17.7 Å². The maximum Gasteiger partial charge on any atom is 0.251 e. The molecule has 0 aliphatic heterocycles. The van der Waals surface area contributed by atoms with E-state index in [1.165, 1.54) is 0 Å². The number of amides is 1. The smallest absolute Gasteiger partial charge is 0.251 e. The highest BCUT2D eigenvalue weighted by Crippen LogP contribution is 2.18. The van der Waals surface area contributed by atoms with Gasteiger partial charge in [0.15, 0.2) is 0 Å². The SMILES string of the molecule is C=CCOc1ccc(C(=O)NC(CC)c2ccccc2)cc1. The second kappa shape index (κ2) is 8.03. The molecule has 0 radical (unpaired) electrons. The first-order valence-corrected chi connectivity index (χ1v) is 7.44. The van der Waals surface area contributed by atoms with Crippen molar-refractivity contribution in [2.75, 3.05) is 6.61 Å².